The van der Waals surface area contributed by atoms with Crippen molar-refractivity contribution < 1.29 is 22.7 Å². The van der Waals surface area contributed by atoms with Crippen LogP contribution in [-0.2, 0) is 12.7 Å². The summed E-state index contributed by atoms with van der Waals surface area (Å²) in [4.78, 5) is 15.7. The van der Waals surface area contributed by atoms with Crippen LogP contribution in [0.2, 0.25) is 5.02 Å². The zero-order valence-corrected chi connectivity index (χ0v) is 18.6. The fourth-order valence-electron chi connectivity index (χ4n) is 3.10. The lowest BCUT2D eigenvalue weighted by Crippen LogP contribution is -2.15. The maximum atomic E-state index is 12.6. The number of pyridine rings is 1. The monoisotopic (exact) mass is 502 g/mol. The van der Waals surface area contributed by atoms with Crippen molar-refractivity contribution >= 4 is 34.8 Å². The summed E-state index contributed by atoms with van der Waals surface area (Å²) in [5.74, 6) is 0.322. The molecule has 0 saturated heterocycles. The van der Waals surface area contributed by atoms with Crippen LogP contribution in [0.5, 0.6) is 11.6 Å². The Kier molecular flexibility index (Phi) is 6.78. The van der Waals surface area contributed by atoms with E-state index < -0.39 is 17.6 Å². The highest BCUT2D eigenvalue weighted by atomic mass is 35.5. The lowest BCUT2D eigenvalue weighted by Gasteiger charge is -2.09. The zero-order valence-electron chi connectivity index (χ0n) is 17.9. The molecular formula is C23H18ClF3N6O2. The summed E-state index contributed by atoms with van der Waals surface area (Å²) >= 11 is 5.99. The van der Waals surface area contributed by atoms with E-state index in [0.717, 1.165) is 17.7 Å². The number of amides is 1. The average Bonchev–Trinajstić information content (AvgIpc) is 3.21. The number of aromatic amines is 1. The van der Waals surface area contributed by atoms with Crippen molar-refractivity contribution in [2.45, 2.75) is 12.7 Å². The van der Waals surface area contributed by atoms with Gasteiger partial charge in [0.05, 0.1) is 5.56 Å². The number of ether oxygens (including phenoxy) is 1. The van der Waals surface area contributed by atoms with E-state index in [1.807, 2.05) is 0 Å². The van der Waals surface area contributed by atoms with Crippen molar-refractivity contribution in [2.24, 2.45) is 5.73 Å². The van der Waals surface area contributed by atoms with E-state index >= 15 is 0 Å². The standard InChI is InChI=1S/C23H18ClF3N6O2/c24-15-2-1-3-16(10-15)31-22-19(20(28)34)21(32-33-22)30-11-13-4-7-17(8-5-13)35-18-9-6-14(12-29-18)23(25,26)27/h1-10,12H,11H2,(H2,28,34)(H3,30,31,32,33). The van der Waals surface area contributed by atoms with Gasteiger partial charge in [-0.1, -0.05) is 29.8 Å². The van der Waals surface area contributed by atoms with Crippen molar-refractivity contribution in [3.63, 3.8) is 0 Å². The van der Waals surface area contributed by atoms with Crippen LogP contribution in [0.25, 0.3) is 0 Å². The zero-order chi connectivity index (χ0) is 25.0. The number of carbonyl (C=O) groups excluding carboxylic acids is 1. The number of hydrogen-bond donors (Lipinski definition) is 4. The van der Waals surface area contributed by atoms with Crippen molar-refractivity contribution in [1.82, 2.24) is 15.2 Å². The van der Waals surface area contributed by atoms with Crippen LogP contribution in [0.4, 0.5) is 30.5 Å². The number of H-pyrrole nitrogens is 1. The van der Waals surface area contributed by atoms with Crippen molar-refractivity contribution in [3.05, 3.63) is 88.6 Å². The molecule has 2 aromatic heterocycles. The molecule has 2 heterocycles. The molecule has 12 heteroatoms. The second-order valence-electron chi connectivity index (χ2n) is 7.30. The van der Waals surface area contributed by atoms with Crippen LogP contribution in [0.3, 0.4) is 0 Å². The lowest BCUT2D eigenvalue weighted by molar-refractivity contribution is -0.137. The molecule has 2 aromatic carbocycles. The molecule has 4 rings (SSSR count). The number of anilines is 3. The molecule has 35 heavy (non-hydrogen) atoms. The summed E-state index contributed by atoms with van der Waals surface area (Å²) in [6.07, 6.45) is -3.75. The van der Waals surface area contributed by atoms with Gasteiger partial charge in [-0.2, -0.15) is 18.3 Å². The molecule has 180 valence electrons. The molecule has 0 fully saturated rings. The normalized spacial score (nSPS) is 11.2. The highest BCUT2D eigenvalue weighted by molar-refractivity contribution is 6.30. The van der Waals surface area contributed by atoms with Crippen LogP contribution >= 0.6 is 11.6 Å². The van der Waals surface area contributed by atoms with Crippen molar-refractivity contribution in [2.75, 3.05) is 10.6 Å². The number of nitrogens with zero attached hydrogens (tertiary/aromatic N) is 2. The van der Waals surface area contributed by atoms with Gasteiger partial charge in [-0.3, -0.25) is 9.89 Å². The second kappa shape index (κ2) is 9.94. The van der Waals surface area contributed by atoms with Gasteiger partial charge in [-0.05, 0) is 42.0 Å². The number of nitrogens with one attached hydrogen (secondary N) is 3. The first-order chi connectivity index (χ1) is 16.7. The first kappa shape index (κ1) is 23.9. The highest BCUT2D eigenvalue weighted by Gasteiger charge is 2.30. The summed E-state index contributed by atoms with van der Waals surface area (Å²) in [5.41, 5.74) is 6.31. The van der Waals surface area contributed by atoms with Crippen LogP contribution in [-0.4, -0.2) is 21.1 Å². The third kappa shape index (κ3) is 6.01. The highest BCUT2D eigenvalue weighted by Crippen LogP contribution is 2.30. The molecule has 0 atom stereocenters. The van der Waals surface area contributed by atoms with Gasteiger partial charge in [-0.15, -0.1) is 0 Å². The molecule has 8 nitrogen and oxygen atoms in total. The molecule has 0 aliphatic carbocycles. The maximum absolute atomic E-state index is 12.6. The molecule has 0 radical (unpaired) electrons. The number of nitrogens with two attached hydrogens (primary N) is 1. The Hall–Kier alpha value is -4.25. The van der Waals surface area contributed by atoms with E-state index in [9.17, 15) is 18.0 Å². The molecule has 5 N–H and O–H groups in total. The first-order valence-corrected chi connectivity index (χ1v) is 10.5. The number of alkyl halides is 3. The average molecular weight is 503 g/mol. The fourth-order valence-corrected chi connectivity index (χ4v) is 3.29. The van der Waals surface area contributed by atoms with Gasteiger partial charge in [0.1, 0.15) is 17.1 Å². The van der Waals surface area contributed by atoms with Gasteiger partial charge in [0, 0.05) is 29.5 Å². The van der Waals surface area contributed by atoms with Gasteiger partial charge in [-0.25, -0.2) is 4.98 Å². The van der Waals surface area contributed by atoms with E-state index in [2.05, 4.69) is 25.8 Å². The topological polar surface area (TPSA) is 118 Å². The molecule has 0 spiro atoms. The van der Waals surface area contributed by atoms with E-state index in [1.165, 1.54) is 0 Å². The number of benzene rings is 2. The Balaban J connectivity index is 1.40. The van der Waals surface area contributed by atoms with Crippen molar-refractivity contribution in [1.29, 1.82) is 0 Å². The minimum atomic E-state index is -4.46. The molecule has 0 bridgehead atoms. The van der Waals surface area contributed by atoms with Gasteiger partial charge < -0.3 is 21.1 Å². The minimum absolute atomic E-state index is 0.0335. The number of carbonyl (C=O) groups is 1. The largest absolute Gasteiger partial charge is 0.439 e. The predicted molar refractivity (Wildman–Crippen MR) is 125 cm³/mol. The van der Waals surface area contributed by atoms with Crippen LogP contribution in [0, 0.1) is 0 Å². The Morgan fingerprint density at radius 1 is 1.11 bits per heavy atom. The summed E-state index contributed by atoms with van der Waals surface area (Å²) in [7, 11) is 0. The molecule has 0 saturated carbocycles. The molecule has 4 aromatic rings. The first-order valence-electron chi connectivity index (χ1n) is 10.1. The van der Waals surface area contributed by atoms with Crippen LogP contribution in [0.1, 0.15) is 21.5 Å². The fraction of sp³-hybridized carbons (Fsp3) is 0.0870. The van der Waals surface area contributed by atoms with E-state index in [1.54, 1.807) is 48.5 Å². The van der Waals surface area contributed by atoms with Crippen LogP contribution in [0.15, 0.2) is 66.9 Å². The smallest absolute Gasteiger partial charge is 0.417 e. The number of rotatable bonds is 8. The lowest BCUT2D eigenvalue weighted by atomic mass is 10.2. The predicted octanol–water partition coefficient (Wildman–Crippen LogP) is 5.72. The third-order valence-corrected chi connectivity index (χ3v) is 5.01. The SMILES string of the molecule is NC(=O)c1c(NCc2ccc(Oc3ccc(C(F)(F)F)cn3)cc2)n[nH]c1Nc1cccc(Cl)c1. The molecule has 1 amide bonds. The third-order valence-electron chi connectivity index (χ3n) is 4.78. The van der Waals surface area contributed by atoms with Gasteiger partial charge in [0.25, 0.3) is 5.91 Å². The Labute approximate surface area is 202 Å². The Morgan fingerprint density at radius 2 is 1.89 bits per heavy atom. The van der Waals surface area contributed by atoms with E-state index in [4.69, 9.17) is 22.1 Å². The summed E-state index contributed by atoms with van der Waals surface area (Å²) in [6.45, 7) is 0.306. The van der Waals surface area contributed by atoms with Crippen molar-refractivity contribution in [3.8, 4) is 11.6 Å². The molecule has 0 unspecified atom stereocenters. The summed E-state index contributed by atoms with van der Waals surface area (Å²) < 4.78 is 43.4. The molecular weight excluding hydrogens is 485 g/mol. The minimum Gasteiger partial charge on any atom is -0.439 e. The van der Waals surface area contributed by atoms with Gasteiger partial charge in [0.15, 0.2) is 5.82 Å². The number of halogens is 4. The van der Waals surface area contributed by atoms with E-state index in [0.29, 0.717) is 35.0 Å². The number of aromatic nitrogens is 3. The van der Waals surface area contributed by atoms with Gasteiger partial charge >= 0.3 is 6.18 Å². The number of hydrogen-bond acceptors (Lipinski definition) is 6. The molecule has 0 aliphatic heterocycles. The van der Waals surface area contributed by atoms with E-state index in [-0.39, 0.29) is 17.3 Å². The summed E-state index contributed by atoms with van der Waals surface area (Å²) in [5, 5.41) is 13.5. The van der Waals surface area contributed by atoms with Gasteiger partial charge in [0.2, 0.25) is 5.88 Å². The maximum Gasteiger partial charge on any atom is 0.417 e. The summed E-state index contributed by atoms with van der Waals surface area (Å²) in [6, 6.07) is 15.8. The Bertz CT molecular complexity index is 1320. The Morgan fingerprint density at radius 3 is 2.51 bits per heavy atom. The second-order valence-corrected chi connectivity index (χ2v) is 7.74. The quantitative estimate of drug-likeness (QED) is 0.244. The van der Waals surface area contributed by atoms with Crippen LogP contribution < -0.4 is 21.1 Å². The number of primary amides is 1. The molecule has 0 aliphatic rings.